The second-order valence-electron chi connectivity index (χ2n) is 4.05. The summed E-state index contributed by atoms with van der Waals surface area (Å²) in [5.74, 6) is 0. The maximum Gasteiger partial charge on any atom is 0.0931 e. The molecule has 0 spiro atoms. The standard InChI is InChI=1S/C7H6N2.C7H10N2/c1-2-4-7-6(3-1)8-5-9-7;1-5-2-3-6(8)7(9)4-5/h1-5H,(H,8,9);2-4H,8-9H2,1H3. The molecule has 3 rings (SSSR count). The van der Waals surface area contributed by atoms with Crippen molar-refractivity contribution in [1.29, 1.82) is 0 Å². The molecule has 2 aromatic carbocycles. The number of nitrogens with one attached hydrogen (secondary N) is 1. The molecule has 0 bridgehead atoms. The molecule has 0 fully saturated rings. The summed E-state index contributed by atoms with van der Waals surface area (Å²) in [6.45, 7) is 1.98. The Hall–Kier alpha value is -2.49. The lowest BCUT2D eigenvalue weighted by Gasteiger charge is -1.98. The van der Waals surface area contributed by atoms with E-state index in [1.165, 1.54) is 0 Å². The van der Waals surface area contributed by atoms with Crippen LogP contribution in [-0.2, 0) is 0 Å². The summed E-state index contributed by atoms with van der Waals surface area (Å²) in [6, 6.07) is 13.5. The molecule has 4 nitrogen and oxygen atoms in total. The van der Waals surface area contributed by atoms with E-state index in [2.05, 4.69) is 9.97 Å². The highest BCUT2D eigenvalue weighted by Gasteiger charge is 1.90. The van der Waals surface area contributed by atoms with Crippen molar-refractivity contribution < 1.29 is 0 Å². The highest BCUT2D eigenvalue weighted by Crippen LogP contribution is 2.14. The van der Waals surface area contributed by atoms with Crippen LogP contribution >= 0.6 is 0 Å². The average Bonchev–Trinajstić information content (AvgIpc) is 2.83. The molecule has 0 saturated heterocycles. The fraction of sp³-hybridized carbons (Fsp3) is 0.0714. The van der Waals surface area contributed by atoms with Crippen LogP contribution in [0.15, 0.2) is 48.8 Å². The molecule has 18 heavy (non-hydrogen) atoms. The molecule has 0 atom stereocenters. The van der Waals surface area contributed by atoms with E-state index in [0.29, 0.717) is 11.4 Å². The third-order valence-electron chi connectivity index (χ3n) is 2.57. The second-order valence-corrected chi connectivity index (χ2v) is 4.05. The monoisotopic (exact) mass is 240 g/mol. The lowest BCUT2D eigenvalue weighted by atomic mass is 10.2. The summed E-state index contributed by atoms with van der Waals surface area (Å²) in [5.41, 5.74) is 15.5. The van der Waals surface area contributed by atoms with E-state index in [1.54, 1.807) is 6.33 Å². The number of anilines is 2. The molecule has 5 N–H and O–H groups in total. The molecule has 0 aliphatic heterocycles. The van der Waals surface area contributed by atoms with E-state index in [9.17, 15) is 0 Å². The van der Waals surface area contributed by atoms with Gasteiger partial charge in [-0.25, -0.2) is 4.98 Å². The van der Waals surface area contributed by atoms with Crippen LogP contribution in [0.4, 0.5) is 11.4 Å². The smallest absolute Gasteiger partial charge is 0.0931 e. The molecule has 0 aliphatic rings. The normalized spacial score (nSPS) is 9.83. The van der Waals surface area contributed by atoms with Gasteiger partial charge in [-0.2, -0.15) is 0 Å². The number of aromatic amines is 1. The first-order chi connectivity index (χ1) is 8.66. The van der Waals surface area contributed by atoms with Gasteiger partial charge in [0.25, 0.3) is 0 Å². The number of fused-ring (bicyclic) bond motifs is 1. The van der Waals surface area contributed by atoms with Gasteiger partial charge in [-0.05, 0) is 36.8 Å². The van der Waals surface area contributed by atoms with Crippen LogP contribution < -0.4 is 11.5 Å². The molecule has 0 amide bonds. The maximum atomic E-state index is 5.50. The molecule has 4 heteroatoms. The van der Waals surface area contributed by atoms with Crippen LogP contribution in [-0.4, -0.2) is 9.97 Å². The van der Waals surface area contributed by atoms with Crippen molar-refractivity contribution in [2.24, 2.45) is 0 Å². The molecule has 92 valence electrons. The van der Waals surface area contributed by atoms with Gasteiger partial charge >= 0.3 is 0 Å². The Morgan fingerprint density at radius 1 is 1.00 bits per heavy atom. The third-order valence-corrected chi connectivity index (χ3v) is 2.57. The summed E-state index contributed by atoms with van der Waals surface area (Å²) in [5, 5.41) is 0. The Labute approximate surface area is 106 Å². The van der Waals surface area contributed by atoms with Gasteiger partial charge in [0.05, 0.1) is 28.7 Å². The minimum absolute atomic E-state index is 0.653. The first-order valence-electron chi connectivity index (χ1n) is 5.66. The van der Waals surface area contributed by atoms with Gasteiger partial charge in [0.1, 0.15) is 0 Å². The molecule has 0 aliphatic carbocycles. The lowest BCUT2D eigenvalue weighted by Crippen LogP contribution is -1.93. The number of rotatable bonds is 0. The van der Waals surface area contributed by atoms with Crippen molar-refractivity contribution in [2.45, 2.75) is 6.92 Å². The number of aromatic nitrogens is 2. The highest BCUT2D eigenvalue weighted by molar-refractivity contribution is 5.73. The Morgan fingerprint density at radius 2 is 1.78 bits per heavy atom. The Kier molecular flexibility index (Phi) is 3.48. The summed E-state index contributed by atoms with van der Waals surface area (Å²) in [4.78, 5) is 7.07. The van der Waals surface area contributed by atoms with E-state index >= 15 is 0 Å². The highest BCUT2D eigenvalue weighted by atomic mass is 14.9. The summed E-state index contributed by atoms with van der Waals surface area (Å²) in [7, 11) is 0. The maximum absolute atomic E-state index is 5.50. The fourth-order valence-corrected chi connectivity index (χ4v) is 1.57. The molecular formula is C14H16N4. The predicted octanol–water partition coefficient (Wildman–Crippen LogP) is 2.72. The number of benzene rings is 2. The zero-order valence-corrected chi connectivity index (χ0v) is 10.2. The van der Waals surface area contributed by atoms with Crippen LogP contribution in [0.3, 0.4) is 0 Å². The number of imidazole rings is 1. The minimum Gasteiger partial charge on any atom is -0.397 e. The first kappa shape index (κ1) is 12.0. The van der Waals surface area contributed by atoms with E-state index in [1.807, 2.05) is 49.4 Å². The van der Waals surface area contributed by atoms with E-state index in [4.69, 9.17) is 11.5 Å². The molecule has 1 heterocycles. The molecule has 1 aromatic heterocycles. The number of hydrogen-bond donors (Lipinski definition) is 3. The first-order valence-corrected chi connectivity index (χ1v) is 5.66. The number of aryl methyl sites for hydroxylation is 1. The number of nitrogens with two attached hydrogens (primary N) is 2. The largest absolute Gasteiger partial charge is 0.397 e. The van der Waals surface area contributed by atoms with Gasteiger partial charge in [0.15, 0.2) is 0 Å². The third kappa shape index (κ3) is 2.79. The molecular weight excluding hydrogens is 224 g/mol. The zero-order chi connectivity index (χ0) is 13.0. The molecule has 3 aromatic rings. The van der Waals surface area contributed by atoms with Gasteiger partial charge in [0.2, 0.25) is 0 Å². The summed E-state index contributed by atoms with van der Waals surface area (Å²) >= 11 is 0. The average molecular weight is 240 g/mol. The van der Waals surface area contributed by atoms with Crippen molar-refractivity contribution in [2.75, 3.05) is 11.5 Å². The van der Waals surface area contributed by atoms with Crippen LogP contribution in [0.1, 0.15) is 5.56 Å². The SMILES string of the molecule is Cc1ccc(N)c(N)c1.c1ccc2[nH]cnc2c1. The number of nitrogens with zero attached hydrogens (tertiary/aromatic N) is 1. The Bertz CT molecular complexity index is 613. The topological polar surface area (TPSA) is 80.7 Å². The van der Waals surface area contributed by atoms with Gasteiger partial charge in [-0.1, -0.05) is 18.2 Å². The molecule has 0 unspecified atom stereocenters. The van der Waals surface area contributed by atoms with Crippen LogP contribution in [0.5, 0.6) is 0 Å². The van der Waals surface area contributed by atoms with E-state index in [0.717, 1.165) is 16.6 Å². The predicted molar refractivity (Wildman–Crippen MR) is 76.1 cm³/mol. The van der Waals surface area contributed by atoms with E-state index < -0.39 is 0 Å². The second kappa shape index (κ2) is 5.23. The molecule has 0 saturated carbocycles. The summed E-state index contributed by atoms with van der Waals surface area (Å²) < 4.78 is 0. The van der Waals surface area contributed by atoms with Crippen LogP contribution in [0.25, 0.3) is 11.0 Å². The van der Waals surface area contributed by atoms with E-state index in [-0.39, 0.29) is 0 Å². The number of hydrogen-bond acceptors (Lipinski definition) is 3. The van der Waals surface area contributed by atoms with Crippen molar-refractivity contribution in [3.8, 4) is 0 Å². The number of nitrogen functional groups attached to an aromatic ring is 2. The lowest BCUT2D eigenvalue weighted by molar-refractivity contribution is 1.34. The van der Waals surface area contributed by atoms with Gasteiger partial charge in [0, 0.05) is 0 Å². The van der Waals surface area contributed by atoms with Gasteiger partial charge in [-0.15, -0.1) is 0 Å². The van der Waals surface area contributed by atoms with Gasteiger partial charge < -0.3 is 16.5 Å². The number of para-hydroxylation sites is 2. The quantitative estimate of drug-likeness (QED) is 0.528. The molecule has 0 radical (unpaired) electrons. The van der Waals surface area contributed by atoms with Crippen LogP contribution in [0, 0.1) is 6.92 Å². The van der Waals surface area contributed by atoms with Gasteiger partial charge in [-0.3, -0.25) is 0 Å². The van der Waals surface area contributed by atoms with Crippen molar-refractivity contribution >= 4 is 22.4 Å². The fourth-order valence-electron chi connectivity index (χ4n) is 1.57. The van der Waals surface area contributed by atoms with Crippen molar-refractivity contribution in [1.82, 2.24) is 9.97 Å². The Morgan fingerprint density at radius 3 is 2.44 bits per heavy atom. The summed E-state index contributed by atoms with van der Waals surface area (Å²) in [6.07, 6.45) is 1.70. The van der Waals surface area contributed by atoms with Crippen molar-refractivity contribution in [3.05, 3.63) is 54.4 Å². The van der Waals surface area contributed by atoms with Crippen molar-refractivity contribution in [3.63, 3.8) is 0 Å². The van der Waals surface area contributed by atoms with Crippen LogP contribution in [0.2, 0.25) is 0 Å². The minimum atomic E-state index is 0.653. The number of H-pyrrole nitrogens is 1. The Balaban J connectivity index is 0.000000134. The zero-order valence-electron chi connectivity index (χ0n) is 10.2.